The Morgan fingerprint density at radius 1 is 1.24 bits per heavy atom. The maximum Gasteiger partial charge on any atom is 0.416 e. The first-order valence-corrected chi connectivity index (χ1v) is 6.93. The molecular weight excluding hydrogens is 303 g/mol. The van der Waals surface area contributed by atoms with Gasteiger partial charge in [-0.3, -0.25) is 9.63 Å². The Kier molecular flexibility index (Phi) is 4.64. The van der Waals surface area contributed by atoms with Gasteiger partial charge in [-0.2, -0.15) is 13.2 Å². The molecule has 1 aromatic carbocycles. The predicted octanol–water partition coefficient (Wildman–Crippen LogP) is 4.19. The third-order valence-electron chi connectivity index (χ3n) is 2.78. The summed E-state index contributed by atoms with van der Waals surface area (Å²) < 4.78 is 38.7. The van der Waals surface area contributed by atoms with Crippen LogP contribution in [-0.4, -0.2) is 5.91 Å². The number of nitrogens with one attached hydrogen (secondary N) is 1. The maximum absolute atomic E-state index is 12.9. The van der Waals surface area contributed by atoms with Crippen LogP contribution in [0.3, 0.4) is 0 Å². The van der Waals surface area contributed by atoms with Crippen LogP contribution in [0.1, 0.15) is 33.8 Å². The molecule has 3 nitrogen and oxygen atoms in total. The number of hydrogen-bond donors (Lipinski definition) is 1. The Labute approximate surface area is 123 Å². The molecule has 1 amide bonds. The standard InChI is InChI=1S/C14H12F3NO2S/c1-9(20-18-13(19)12-7-4-8-21-12)10-5-2-3-6-11(10)14(15,16)17/h2-9H,1H3,(H,18,19). The molecule has 112 valence electrons. The van der Waals surface area contributed by atoms with Crippen molar-refractivity contribution in [1.29, 1.82) is 0 Å². The lowest BCUT2D eigenvalue weighted by molar-refractivity contribution is -0.139. The van der Waals surface area contributed by atoms with E-state index >= 15 is 0 Å². The summed E-state index contributed by atoms with van der Waals surface area (Å²) in [6, 6.07) is 8.40. The van der Waals surface area contributed by atoms with Crippen LogP contribution in [-0.2, 0) is 11.0 Å². The van der Waals surface area contributed by atoms with E-state index in [1.165, 1.54) is 36.5 Å². The average Bonchev–Trinajstić information content (AvgIpc) is 2.97. The zero-order valence-electron chi connectivity index (χ0n) is 11.0. The molecule has 0 radical (unpaired) electrons. The SMILES string of the molecule is CC(ONC(=O)c1cccs1)c1ccccc1C(F)(F)F. The fraction of sp³-hybridized carbons (Fsp3) is 0.214. The number of halogens is 3. The number of thiophene rings is 1. The second-order valence-corrected chi connectivity index (χ2v) is 5.20. The smallest absolute Gasteiger partial charge is 0.266 e. The van der Waals surface area contributed by atoms with Crippen molar-refractivity contribution in [2.24, 2.45) is 0 Å². The first-order chi connectivity index (χ1) is 9.89. The molecule has 1 heterocycles. The van der Waals surface area contributed by atoms with Gasteiger partial charge in [0.05, 0.1) is 10.4 Å². The predicted molar refractivity (Wildman–Crippen MR) is 72.7 cm³/mol. The molecule has 1 aromatic heterocycles. The van der Waals surface area contributed by atoms with Crippen molar-refractivity contribution in [3.63, 3.8) is 0 Å². The minimum atomic E-state index is -4.47. The lowest BCUT2D eigenvalue weighted by Gasteiger charge is -2.18. The Morgan fingerprint density at radius 2 is 1.95 bits per heavy atom. The van der Waals surface area contributed by atoms with Gasteiger partial charge in [-0.25, -0.2) is 5.48 Å². The molecule has 0 spiro atoms. The molecule has 0 bridgehead atoms. The normalized spacial score (nSPS) is 13.0. The van der Waals surface area contributed by atoms with Crippen molar-refractivity contribution < 1.29 is 22.8 Å². The Bertz CT molecular complexity index is 611. The maximum atomic E-state index is 12.9. The second kappa shape index (κ2) is 6.28. The highest BCUT2D eigenvalue weighted by atomic mass is 32.1. The van der Waals surface area contributed by atoms with Gasteiger partial charge >= 0.3 is 6.18 Å². The van der Waals surface area contributed by atoms with Crippen molar-refractivity contribution in [3.05, 3.63) is 57.8 Å². The van der Waals surface area contributed by atoms with Crippen LogP contribution in [0.5, 0.6) is 0 Å². The number of amides is 1. The number of hydroxylamine groups is 1. The molecule has 21 heavy (non-hydrogen) atoms. The summed E-state index contributed by atoms with van der Waals surface area (Å²) in [6.07, 6.45) is -5.39. The van der Waals surface area contributed by atoms with E-state index in [0.717, 1.165) is 6.07 Å². The van der Waals surface area contributed by atoms with E-state index in [0.29, 0.717) is 4.88 Å². The summed E-state index contributed by atoms with van der Waals surface area (Å²) in [5.41, 5.74) is 1.36. The van der Waals surface area contributed by atoms with Gasteiger partial charge in [-0.15, -0.1) is 11.3 Å². The highest BCUT2D eigenvalue weighted by molar-refractivity contribution is 7.12. The zero-order chi connectivity index (χ0) is 15.5. The van der Waals surface area contributed by atoms with Gasteiger partial charge in [0, 0.05) is 0 Å². The van der Waals surface area contributed by atoms with Crippen LogP contribution >= 0.6 is 11.3 Å². The Morgan fingerprint density at radius 3 is 2.57 bits per heavy atom. The first-order valence-electron chi connectivity index (χ1n) is 6.05. The van der Waals surface area contributed by atoms with E-state index in [9.17, 15) is 18.0 Å². The molecular formula is C14H12F3NO2S. The first kappa shape index (κ1) is 15.5. The third-order valence-corrected chi connectivity index (χ3v) is 3.65. The zero-order valence-corrected chi connectivity index (χ0v) is 11.8. The minimum absolute atomic E-state index is 0.0310. The van der Waals surface area contributed by atoms with Gasteiger partial charge in [0.25, 0.3) is 5.91 Å². The summed E-state index contributed by atoms with van der Waals surface area (Å²) in [5, 5.41) is 1.72. The fourth-order valence-electron chi connectivity index (χ4n) is 1.77. The molecule has 0 aliphatic heterocycles. The third kappa shape index (κ3) is 3.83. The molecule has 1 atom stereocenters. The molecule has 1 N–H and O–H groups in total. The summed E-state index contributed by atoms with van der Waals surface area (Å²) in [6.45, 7) is 1.44. The number of hydrogen-bond acceptors (Lipinski definition) is 3. The summed E-state index contributed by atoms with van der Waals surface area (Å²) in [4.78, 5) is 17.2. The quantitative estimate of drug-likeness (QED) is 0.859. The lowest BCUT2D eigenvalue weighted by atomic mass is 10.0. The average molecular weight is 315 g/mol. The molecule has 0 aliphatic rings. The molecule has 7 heteroatoms. The molecule has 0 fully saturated rings. The van der Waals surface area contributed by atoms with Crippen LogP contribution in [0.25, 0.3) is 0 Å². The molecule has 2 rings (SSSR count). The number of rotatable bonds is 4. The Hall–Kier alpha value is -1.86. The van der Waals surface area contributed by atoms with Crippen LogP contribution in [0.15, 0.2) is 41.8 Å². The Balaban J connectivity index is 2.07. The highest BCUT2D eigenvalue weighted by Gasteiger charge is 2.34. The van der Waals surface area contributed by atoms with Crippen LogP contribution in [0.4, 0.5) is 13.2 Å². The number of benzene rings is 1. The van der Waals surface area contributed by atoms with Gasteiger partial charge in [0.2, 0.25) is 0 Å². The topological polar surface area (TPSA) is 38.3 Å². The van der Waals surface area contributed by atoms with Crippen molar-refractivity contribution >= 4 is 17.2 Å². The second-order valence-electron chi connectivity index (χ2n) is 4.25. The number of carbonyl (C=O) groups is 1. The van der Waals surface area contributed by atoms with Crippen molar-refractivity contribution in [3.8, 4) is 0 Å². The van der Waals surface area contributed by atoms with Crippen LogP contribution < -0.4 is 5.48 Å². The minimum Gasteiger partial charge on any atom is -0.266 e. The van der Waals surface area contributed by atoms with Gasteiger partial charge in [0.1, 0.15) is 6.10 Å². The summed E-state index contributed by atoms with van der Waals surface area (Å²) in [7, 11) is 0. The van der Waals surface area contributed by atoms with E-state index in [-0.39, 0.29) is 5.56 Å². The molecule has 0 saturated carbocycles. The highest BCUT2D eigenvalue weighted by Crippen LogP contribution is 2.35. The van der Waals surface area contributed by atoms with E-state index in [2.05, 4.69) is 5.48 Å². The summed E-state index contributed by atoms with van der Waals surface area (Å²) in [5.74, 6) is -0.485. The summed E-state index contributed by atoms with van der Waals surface area (Å²) >= 11 is 1.21. The molecule has 0 saturated heterocycles. The van der Waals surface area contributed by atoms with Crippen molar-refractivity contribution in [1.82, 2.24) is 5.48 Å². The lowest BCUT2D eigenvalue weighted by Crippen LogP contribution is -2.25. The van der Waals surface area contributed by atoms with Gasteiger partial charge in [0.15, 0.2) is 0 Å². The molecule has 1 unspecified atom stereocenters. The van der Waals surface area contributed by atoms with E-state index < -0.39 is 23.8 Å². The number of carbonyl (C=O) groups excluding carboxylic acids is 1. The molecule has 2 aromatic rings. The number of alkyl halides is 3. The van der Waals surface area contributed by atoms with E-state index in [4.69, 9.17) is 4.84 Å². The monoisotopic (exact) mass is 315 g/mol. The largest absolute Gasteiger partial charge is 0.416 e. The fourth-order valence-corrected chi connectivity index (χ4v) is 2.38. The van der Waals surface area contributed by atoms with Gasteiger partial charge in [-0.1, -0.05) is 24.3 Å². The van der Waals surface area contributed by atoms with Crippen molar-refractivity contribution in [2.75, 3.05) is 0 Å². The van der Waals surface area contributed by atoms with Crippen LogP contribution in [0, 0.1) is 0 Å². The molecule has 0 aliphatic carbocycles. The van der Waals surface area contributed by atoms with E-state index in [1.54, 1.807) is 17.5 Å². The van der Waals surface area contributed by atoms with Gasteiger partial charge < -0.3 is 0 Å². The van der Waals surface area contributed by atoms with Crippen LogP contribution in [0.2, 0.25) is 0 Å². The van der Waals surface area contributed by atoms with Gasteiger partial charge in [-0.05, 0) is 30.0 Å². The van der Waals surface area contributed by atoms with Crippen molar-refractivity contribution in [2.45, 2.75) is 19.2 Å². The van der Waals surface area contributed by atoms with E-state index in [1.807, 2.05) is 0 Å².